The maximum Gasteiger partial charge on any atom is 0.256 e. The summed E-state index contributed by atoms with van der Waals surface area (Å²) >= 11 is 0. The number of piperidine rings is 1. The van der Waals surface area contributed by atoms with Gasteiger partial charge in [0.2, 0.25) is 0 Å². The predicted molar refractivity (Wildman–Crippen MR) is 81.5 cm³/mol. The summed E-state index contributed by atoms with van der Waals surface area (Å²) in [5.74, 6) is 2.21. The third-order valence-electron chi connectivity index (χ3n) is 4.67. The van der Waals surface area contributed by atoms with E-state index < -0.39 is 0 Å². The Morgan fingerprint density at radius 1 is 1.32 bits per heavy atom. The molecule has 1 saturated heterocycles. The monoisotopic (exact) mass is 299 g/mol. The number of likely N-dealkylation sites (tertiary alicyclic amines) is 1. The van der Waals surface area contributed by atoms with E-state index >= 15 is 0 Å². The normalized spacial score (nSPS) is 22.0. The number of nitrogens with one attached hydrogen (secondary N) is 2. The minimum atomic E-state index is -0.00634. The molecule has 1 saturated carbocycles. The van der Waals surface area contributed by atoms with Gasteiger partial charge in [0.25, 0.3) is 5.91 Å². The first-order valence-electron chi connectivity index (χ1n) is 8.11. The Kier molecular flexibility index (Phi) is 3.24. The van der Waals surface area contributed by atoms with Gasteiger partial charge in [-0.2, -0.15) is 5.10 Å². The van der Waals surface area contributed by atoms with Crippen molar-refractivity contribution in [3.63, 3.8) is 0 Å². The van der Waals surface area contributed by atoms with Crippen LogP contribution in [-0.4, -0.2) is 37.5 Å². The van der Waals surface area contributed by atoms with Gasteiger partial charge in [-0.25, -0.2) is 4.98 Å². The molecule has 0 aromatic carbocycles. The molecule has 1 atom stereocenters. The van der Waals surface area contributed by atoms with Crippen LogP contribution in [0.3, 0.4) is 0 Å². The summed E-state index contributed by atoms with van der Waals surface area (Å²) in [5.41, 5.74) is 1.95. The number of nitrogens with zero attached hydrogens (tertiary/aromatic N) is 3. The van der Waals surface area contributed by atoms with Crippen molar-refractivity contribution in [1.82, 2.24) is 25.1 Å². The number of hydrogen-bond donors (Lipinski definition) is 2. The van der Waals surface area contributed by atoms with E-state index in [4.69, 9.17) is 0 Å². The third-order valence-corrected chi connectivity index (χ3v) is 4.67. The average Bonchev–Trinajstić information content (AvgIpc) is 3.10. The molecule has 2 aromatic rings. The van der Waals surface area contributed by atoms with Crippen LogP contribution in [0.15, 0.2) is 12.3 Å². The fourth-order valence-electron chi connectivity index (χ4n) is 3.39. The van der Waals surface area contributed by atoms with Gasteiger partial charge in [-0.3, -0.25) is 9.89 Å². The molecule has 6 heteroatoms. The lowest BCUT2D eigenvalue weighted by atomic mass is 10.00. The van der Waals surface area contributed by atoms with Gasteiger partial charge in [-0.15, -0.1) is 0 Å². The van der Waals surface area contributed by atoms with E-state index in [2.05, 4.69) is 20.2 Å². The van der Waals surface area contributed by atoms with Crippen molar-refractivity contribution >= 4 is 5.91 Å². The zero-order valence-corrected chi connectivity index (χ0v) is 12.8. The van der Waals surface area contributed by atoms with Crippen molar-refractivity contribution in [2.24, 2.45) is 0 Å². The molecule has 1 aliphatic carbocycles. The zero-order chi connectivity index (χ0) is 15.1. The number of aromatic amines is 2. The van der Waals surface area contributed by atoms with E-state index in [9.17, 15) is 4.79 Å². The van der Waals surface area contributed by atoms with Crippen LogP contribution in [0.2, 0.25) is 0 Å². The summed E-state index contributed by atoms with van der Waals surface area (Å²) in [6.07, 6.45) is 7.36. The summed E-state index contributed by atoms with van der Waals surface area (Å²) < 4.78 is 0. The average molecular weight is 299 g/mol. The summed E-state index contributed by atoms with van der Waals surface area (Å²) in [4.78, 5) is 22.7. The fraction of sp³-hybridized carbons (Fsp3) is 0.562. The van der Waals surface area contributed by atoms with Gasteiger partial charge in [-0.05, 0) is 51.0 Å². The Morgan fingerprint density at radius 2 is 2.18 bits per heavy atom. The maximum absolute atomic E-state index is 13.0. The van der Waals surface area contributed by atoms with Gasteiger partial charge in [0.05, 0.1) is 11.6 Å². The molecule has 22 heavy (non-hydrogen) atoms. The SMILES string of the molecule is Cc1nc([C@@H]2CCCCN2C(=O)c2cc[nH]c2C2CC2)n[nH]1. The first-order valence-corrected chi connectivity index (χ1v) is 8.11. The van der Waals surface area contributed by atoms with E-state index in [1.807, 2.05) is 24.1 Å². The van der Waals surface area contributed by atoms with Gasteiger partial charge < -0.3 is 9.88 Å². The standard InChI is InChI=1S/C16H21N5O/c1-10-18-15(20-19-10)13-4-2-3-9-21(13)16(22)12-7-8-17-14(12)11-5-6-11/h7-8,11,13,17H,2-6,9H2,1H3,(H,18,19,20)/t13-/m0/s1. The molecule has 2 aromatic heterocycles. The molecule has 0 unspecified atom stereocenters. The van der Waals surface area contributed by atoms with Crippen molar-refractivity contribution in [3.05, 3.63) is 35.2 Å². The smallest absolute Gasteiger partial charge is 0.256 e. The molecule has 116 valence electrons. The number of rotatable bonds is 3. The van der Waals surface area contributed by atoms with Gasteiger partial charge in [0.15, 0.2) is 5.82 Å². The van der Waals surface area contributed by atoms with E-state index in [1.54, 1.807) is 0 Å². The zero-order valence-electron chi connectivity index (χ0n) is 12.8. The first kappa shape index (κ1) is 13.5. The molecule has 4 rings (SSSR count). The summed E-state index contributed by atoms with van der Waals surface area (Å²) in [6, 6.07) is 1.92. The number of aryl methyl sites for hydroxylation is 1. The quantitative estimate of drug-likeness (QED) is 0.914. The summed E-state index contributed by atoms with van der Waals surface area (Å²) in [7, 11) is 0. The lowest BCUT2D eigenvalue weighted by Crippen LogP contribution is -2.39. The molecule has 1 aliphatic heterocycles. The van der Waals surface area contributed by atoms with Crippen molar-refractivity contribution in [2.45, 2.75) is 51.0 Å². The fourth-order valence-corrected chi connectivity index (χ4v) is 3.39. The number of carbonyl (C=O) groups is 1. The van der Waals surface area contributed by atoms with Crippen LogP contribution in [0.25, 0.3) is 0 Å². The minimum Gasteiger partial charge on any atom is -0.364 e. The van der Waals surface area contributed by atoms with E-state index in [0.717, 1.165) is 48.7 Å². The molecule has 2 N–H and O–H groups in total. The Bertz CT molecular complexity index is 684. The molecule has 3 heterocycles. The topological polar surface area (TPSA) is 77.7 Å². The highest BCUT2D eigenvalue weighted by Gasteiger charge is 2.35. The van der Waals surface area contributed by atoms with Crippen LogP contribution >= 0.6 is 0 Å². The summed E-state index contributed by atoms with van der Waals surface area (Å²) in [5, 5.41) is 7.18. The van der Waals surface area contributed by atoms with Crippen molar-refractivity contribution in [2.75, 3.05) is 6.54 Å². The van der Waals surface area contributed by atoms with Gasteiger partial charge in [0, 0.05) is 18.4 Å². The van der Waals surface area contributed by atoms with E-state index in [1.165, 1.54) is 12.8 Å². The van der Waals surface area contributed by atoms with Crippen molar-refractivity contribution < 1.29 is 4.79 Å². The Morgan fingerprint density at radius 3 is 2.91 bits per heavy atom. The first-order chi connectivity index (χ1) is 10.7. The van der Waals surface area contributed by atoms with Gasteiger partial charge >= 0.3 is 0 Å². The highest BCUT2D eigenvalue weighted by molar-refractivity contribution is 5.96. The summed E-state index contributed by atoms with van der Waals surface area (Å²) in [6.45, 7) is 2.68. The second kappa shape index (κ2) is 5.26. The lowest BCUT2D eigenvalue weighted by Gasteiger charge is -2.34. The Hall–Kier alpha value is -2.11. The third kappa shape index (κ3) is 2.32. The highest BCUT2D eigenvalue weighted by atomic mass is 16.2. The minimum absolute atomic E-state index is 0.00634. The van der Waals surface area contributed by atoms with Crippen LogP contribution in [0.1, 0.15) is 71.8 Å². The second-order valence-corrected chi connectivity index (χ2v) is 6.37. The van der Waals surface area contributed by atoms with Crippen molar-refractivity contribution in [3.8, 4) is 0 Å². The van der Waals surface area contributed by atoms with Crippen LogP contribution in [0.4, 0.5) is 0 Å². The molecule has 0 spiro atoms. The molecular formula is C16H21N5O. The predicted octanol–water partition coefficient (Wildman–Crippen LogP) is 2.69. The molecule has 1 amide bonds. The van der Waals surface area contributed by atoms with Crippen LogP contribution in [-0.2, 0) is 0 Å². The van der Waals surface area contributed by atoms with Gasteiger partial charge in [-0.1, -0.05) is 0 Å². The number of hydrogen-bond acceptors (Lipinski definition) is 3. The van der Waals surface area contributed by atoms with E-state index in [0.29, 0.717) is 5.92 Å². The molecular weight excluding hydrogens is 278 g/mol. The number of amides is 1. The number of aromatic nitrogens is 4. The molecule has 2 aliphatic rings. The molecule has 0 radical (unpaired) electrons. The Labute approximate surface area is 129 Å². The van der Waals surface area contributed by atoms with Crippen LogP contribution in [0, 0.1) is 6.92 Å². The maximum atomic E-state index is 13.0. The van der Waals surface area contributed by atoms with Crippen molar-refractivity contribution in [1.29, 1.82) is 0 Å². The second-order valence-electron chi connectivity index (χ2n) is 6.37. The molecule has 0 bridgehead atoms. The molecule has 2 fully saturated rings. The number of carbonyl (C=O) groups excluding carboxylic acids is 1. The Balaban J connectivity index is 1.63. The molecule has 6 nitrogen and oxygen atoms in total. The number of H-pyrrole nitrogens is 2. The van der Waals surface area contributed by atoms with Crippen LogP contribution < -0.4 is 0 Å². The van der Waals surface area contributed by atoms with Gasteiger partial charge in [0.1, 0.15) is 5.82 Å². The largest absolute Gasteiger partial charge is 0.364 e. The lowest BCUT2D eigenvalue weighted by molar-refractivity contribution is 0.0599. The van der Waals surface area contributed by atoms with E-state index in [-0.39, 0.29) is 11.9 Å². The highest BCUT2D eigenvalue weighted by Crippen LogP contribution is 2.41. The van der Waals surface area contributed by atoms with Crippen LogP contribution in [0.5, 0.6) is 0 Å².